The maximum atomic E-state index is 12.5. The van der Waals surface area contributed by atoms with Gasteiger partial charge in [-0.3, -0.25) is 0 Å². The first-order valence-corrected chi connectivity index (χ1v) is 14.5. The number of hydrogen-bond donors (Lipinski definition) is 1. The summed E-state index contributed by atoms with van der Waals surface area (Å²) in [6.07, 6.45) is 3.04. The first-order valence-electron chi connectivity index (χ1n) is 13.8. The van der Waals surface area contributed by atoms with E-state index in [1.54, 1.807) is 48.5 Å². The van der Waals surface area contributed by atoms with Crippen LogP contribution in [0.2, 0.25) is 10.0 Å². The molecule has 1 unspecified atom stereocenters. The lowest BCUT2D eigenvalue weighted by Crippen LogP contribution is -2.21. The second-order valence-corrected chi connectivity index (χ2v) is 10.8. The van der Waals surface area contributed by atoms with Crippen molar-refractivity contribution in [3.63, 3.8) is 0 Å². The summed E-state index contributed by atoms with van der Waals surface area (Å²) in [4.78, 5) is 12.5. The number of rotatable bonds is 9. The van der Waals surface area contributed by atoms with E-state index in [0.717, 1.165) is 22.3 Å². The van der Waals surface area contributed by atoms with Gasteiger partial charge in [0.25, 0.3) is 0 Å². The second-order valence-electron chi connectivity index (χ2n) is 9.95. The molecule has 0 fully saturated rings. The molecule has 1 aliphatic heterocycles. The molecule has 1 heterocycles. The Hall–Kier alpha value is -4.90. The Bertz CT molecular complexity index is 1810. The predicted molar refractivity (Wildman–Crippen MR) is 170 cm³/mol. The first kappa shape index (κ1) is 30.6. The normalized spacial score (nSPS) is 14.0. The molecule has 4 aromatic rings. The Balaban J connectivity index is 1.40. The molecule has 7 nitrogen and oxygen atoms in total. The van der Waals surface area contributed by atoms with Crippen LogP contribution in [0.1, 0.15) is 40.7 Å². The maximum absolute atomic E-state index is 12.5. The number of nitrogens with two attached hydrogens (primary N) is 1. The summed E-state index contributed by atoms with van der Waals surface area (Å²) < 4.78 is 23.3. The molecule has 0 spiro atoms. The van der Waals surface area contributed by atoms with E-state index >= 15 is 0 Å². The van der Waals surface area contributed by atoms with E-state index in [1.807, 2.05) is 50.2 Å². The van der Waals surface area contributed by atoms with Crippen molar-refractivity contribution in [2.75, 3.05) is 6.61 Å². The van der Waals surface area contributed by atoms with Crippen LogP contribution < -0.4 is 24.7 Å². The van der Waals surface area contributed by atoms with Crippen LogP contribution in [0.3, 0.4) is 0 Å². The predicted octanol–water partition coefficient (Wildman–Crippen LogP) is 8.12. The molecular weight excluding hydrogens is 599 g/mol. The summed E-state index contributed by atoms with van der Waals surface area (Å²) in [5, 5.41) is 11.1. The fraction of sp³-hybridized carbons (Fsp3) is 0.143. The first-order chi connectivity index (χ1) is 21.2. The second kappa shape index (κ2) is 13.6. The molecular formula is C35H28Cl2N2O5. The fourth-order valence-electron chi connectivity index (χ4n) is 4.72. The summed E-state index contributed by atoms with van der Waals surface area (Å²) in [5.74, 6) is 0.493. The summed E-state index contributed by atoms with van der Waals surface area (Å²) in [6, 6.07) is 25.6. The van der Waals surface area contributed by atoms with Gasteiger partial charge < -0.3 is 24.7 Å². The number of esters is 1. The molecule has 0 aromatic heterocycles. The Morgan fingerprint density at radius 1 is 1.00 bits per heavy atom. The Morgan fingerprint density at radius 3 is 2.52 bits per heavy atom. The number of aryl methyl sites for hydroxylation is 1. The van der Waals surface area contributed by atoms with Crippen LogP contribution in [0.5, 0.6) is 23.0 Å². The van der Waals surface area contributed by atoms with Crippen LogP contribution in [0.4, 0.5) is 0 Å². The average Bonchev–Trinajstić information content (AvgIpc) is 3.00. The molecule has 2 N–H and O–H groups in total. The van der Waals surface area contributed by atoms with Crippen molar-refractivity contribution < 1.29 is 23.7 Å². The average molecular weight is 628 g/mol. The molecule has 0 saturated heterocycles. The summed E-state index contributed by atoms with van der Waals surface area (Å²) in [7, 11) is 0. The highest BCUT2D eigenvalue weighted by molar-refractivity contribution is 6.35. The van der Waals surface area contributed by atoms with Crippen molar-refractivity contribution in [2.24, 2.45) is 5.73 Å². The van der Waals surface area contributed by atoms with Gasteiger partial charge in [0.2, 0.25) is 5.88 Å². The van der Waals surface area contributed by atoms with Crippen LogP contribution in [-0.2, 0) is 11.4 Å². The minimum Gasteiger partial charge on any atom is -0.490 e. The molecule has 0 aliphatic carbocycles. The molecule has 44 heavy (non-hydrogen) atoms. The largest absolute Gasteiger partial charge is 0.490 e. The van der Waals surface area contributed by atoms with E-state index in [-0.39, 0.29) is 23.8 Å². The van der Waals surface area contributed by atoms with Gasteiger partial charge in [0.05, 0.1) is 12.5 Å². The number of benzene rings is 4. The van der Waals surface area contributed by atoms with E-state index in [2.05, 4.69) is 6.07 Å². The molecule has 9 heteroatoms. The van der Waals surface area contributed by atoms with E-state index in [9.17, 15) is 10.1 Å². The van der Waals surface area contributed by atoms with Gasteiger partial charge >= 0.3 is 5.97 Å². The van der Waals surface area contributed by atoms with Gasteiger partial charge in [-0.05, 0) is 61.4 Å². The molecule has 222 valence electrons. The lowest BCUT2D eigenvalue weighted by molar-refractivity contribution is -0.128. The smallest absolute Gasteiger partial charge is 0.336 e. The van der Waals surface area contributed by atoms with E-state index in [0.29, 0.717) is 39.5 Å². The third kappa shape index (κ3) is 7.00. The van der Waals surface area contributed by atoms with Gasteiger partial charge in [0.15, 0.2) is 11.5 Å². The number of halogens is 2. The molecule has 1 atom stereocenters. The summed E-state index contributed by atoms with van der Waals surface area (Å²) in [6.45, 7) is 4.46. The standard InChI is InChI=1S/C35H28Cl2N2O5/c1-3-41-32-16-23(10-14-30(32)42-20-24-9-11-25(36)17-29(24)37)34-27-13-12-26(18-31(27)44-35(39)28(34)19-38)43-33(40)15-8-22-6-4-21(2)5-7-22/h4-18,34H,3,20,39H2,1-2H3/b15-8+. The highest BCUT2D eigenvalue weighted by Crippen LogP contribution is 2.45. The van der Waals surface area contributed by atoms with Gasteiger partial charge in [0, 0.05) is 33.3 Å². The summed E-state index contributed by atoms with van der Waals surface area (Å²) in [5.41, 5.74) is 10.6. The summed E-state index contributed by atoms with van der Waals surface area (Å²) >= 11 is 12.3. The number of allylic oxidation sites excluding steroid dienone is 1. The van der Waals surface area contributed by atoms with Gasteiger partial charge in [-0.15, -0.1) is 0 Å². The van der Waals surface area contributed by atoms with Gasteiger partial charge in [-0.2, -0.15) is 5.26 Å². The third-order valence-electron chi connectivity index (χ3n) is 6.90. The number of carbonyl (C=O) groups excluding carboxylic acids is 1. The maximum Gasteiger partial charge on any atom is 0.336 e. The number of fused-ring (bicyclic) bond motifs is 1. The zero-order valence-electron chi connectivity index (χ0n) is 24.0. The molecule has 0 saturated carbocycles. The van der Waals surface area contributed by atoms with Gasteiger partial charge in [-0.25, -0.2) is 4.79 Å². The number of nitriles is 1. The lowest BCUT2D eigenvalue weighted by Gasteiger charge is -2.27. The SMILES string of the molecule is CCOc1cc(C2C(C#N)=C(N)Oc3cc(OC(=O)/C=C/c4ccc(C)cc4)ccc32)ccc1OCc1ccc(Cl)cc1Cl. The number of hydrogen-bond acceptors (Lipinski definition) is 7. The van der Waals surface area contributed by atoms with Crippen molar-refractivity contribution in [3.05, 3.63) is 134 Å². The molecule has 4 aromatic carbocycles. The van der Waals surface area contributed by atoms with E-state index < -0.39 is 11.9 Å². The van der Waals surface area contributed by atoms with Crippen molar-refractivity contribution in [1.82, 2.24) is 0 Å². The third-order valence-corrected chi connectivity index (χ3v) is 7.48. The molecule has 1 aliphatic rings. The monoisotopic (exact) mass is 626 g/mol. The number of carbonyl (C=O) groups is 1. The van der Waals surface area contributed by atoms with Crippen LogP contribution in [0.15, 0.2) is 96.4 Å². The number of ether oxygens (including phenoxy) is 4. The Kier molecular flexibility index (Phi) is 9.44. The fourth-order valence-corrected chi connectivity index (χ4v) is 5.18. The van der Waals surface area contributed by atoms with E-state index in [4.69, 9.17) is 47.9 Å². The zero-order chi connectivity index (χ0) is 31.2. The van der Waals surface area contributed by atoms with Crippen LogP contribution in [0, 0.1) is 18.3 Å². The molecule has 0 radical (unpaired) electrons. The van der Waals surface area contributed by atoms with Gasteiger partial charge in [-0.1, -0.05) is 71.2 Å². The topological polar surface area (TPSA) is 104 Å². The minimum atomic E-state index is -0.561. The van der Waals surface area contributed by atoms with Crippen LogP contribution in [0.25, 0.3) is 6.08 Å². The highest BCUT2D eigenvalue weighted by atomic mass is 35.5. The van der Waals surface area contributed by atoms with Gasteiger partial charge in [0.1, 0.15) is 29.7 Å². The zero-order valence-corrected chi connectivity index (χ0v) is 25.5. The van der Waals surface area contributed by atoms with Crippen molar-refractivity contribution in [2.45, 2.75) is 26.4 Å². The van der Waals surface area contributed by atoms with E-state index in [1.165, 1.54) is 6.08 Å². The Labute approximate surface area is 265 Å². The van der Waals surface area contributed by atoms with Crippen LogP contribution in [-0.4, -0.2) is 12.6 Å². The van der Waals surface area contributed by atoms with Crippen LogP contribution >= 0.6 is 23.2 Å². The van der Waals surface area contributed by atoms with Crippen molar-refractivity contribution >= 4 is 35.2 Å². The lowest BCUT2D eigenvalue weighted by atomic mass is 9.83. The molecule has 5 rings (SSSR count). The number of nitrogens with zero attached hydrogens (tertiary/aromatic N) is 1. The van der Waals surface area contributed by atoms with Crippen molar-refractivity contribution in [3.8, 4) is 29.1 Å². The Morgan fingerprint density at radius 2 is 1.80 bits per heavy atom. The minimum absolute atomic E-state index is 0.0385. The highest BCUT2D eigenvalue weighted by Gasteiger charge is 2.32. The molecule has 0 amide bonds. The molecule has 0 bridgehead atoms. The quantitative estimate of drug-likeness (QED) is 0.114. The van der Waals surface area contributed by atoms with Crippen molar-refractivity contribution in [1.29, 1.82) is 5.26 Å².